The van der Waals surface area contributed by atoms with E-state index in [1.54, 1.807) is 19.1 Å². The van der Waals surface area contributed by atoms with Crippen molar-refractivity contribution in [1.82, 2.24) is 4.90 Å². The highest BCUT2D eigenvalue weighted by atomic mass is 16.1. The molecule has 0 aromatic heterocycles. The second kappa shape index (κ2) is 7.49. The van der Waals surface area contributed by atoms with Crippen LogP contribution in [0.5, 0.6) is 0 Å². The number of primary amides is 1. The smallest absolute Gasteiger partial charge is 0.248 e. The minimum Gasteiger partial charge on any atom is -0.369 e. The van der Waals surface area contributed by atoms with Crippen LogP contribution in [0.15, 0.2) is 48.5 Å². The second-order valence-corrected chi connectivity index (χ2v) is 6.43. The van der Waals surface area contributed by atoms with Crippen LogP contribution in [0, 0.1) is 0 Å². The number of hydrogen-bond acceptors (Lipinski definition) is 4. The van der Waals surface area contributed by atoms with E-state index in [0.29, 0.717) is 5.56 Å². The van der Waals surface area contributed by atoms with Crippen LogP contribution in [0.2, 0.25) is 0 Å². The summed E-state index contributed by atoms with van der Waals surface area (Å²) in [6.45, 7) is 6.24. The van der Waals surface area contributed by atoms with Gasteiger partial charge in [-0.05, 0) is 42.8 Å². The Hall–Kier alpha value is -2.66. The molecule has 5 nitrogen and oxygen atoms in total. The van der Waals surface area contributed by atoms with E-state index in [0.717, 1.165) is 44.0 Å². The summed E-state index contributed by atoms with van der Waals surface area (Å²) in [7, 11) is 0. The SMILES string of the molecule is CC(=O)c1cccc(CN2CCN(c3ccc(C(N)=O)cc3)CC2)c1. The summed E-state index contributed by atoms with van der Waals surface area (Å²) in [5, 5.41) is 0. The average molecular weight is 337 g/mol. The number of carbonyl (C=O) groups excluding carboxylic acids is 2. The molecule has 0 saturated carbocycles. The molecule has 1 amide bonds. The summed E-state index contributed by atoms with van der Waals surface area (Å²) in [6.07, 6.45) is 0. The van der Waals surface area contributed by atoms with Crippen LogP contribution in [0.25, 0.3) is 0 Å². The number of benzene rings is 2. The molecule has 2 N–H and O–H groups in total. The number of carbonyl (C=O) groups is 2. The van der Waals surface area contributed by atoms with Gasteiger partial charge in [0.1, 0.15) is 0 Å². The standard InChI is InChI=1S/C20H23N3O2/c1-15(24)18-4-2-3-16(13-18)14-22-9-11-23(12-10-22)19-7-5-17(6-8-19)20(21)25/h2-8,13H,9-12,14H2,1H3,(H2,21,25). The fraction of sp³-hybridized carbons (Fsp3) is 0.300. The van der Waals surface area contributed by atoms with Gasteiger partial charge in [-0.3, -0.25) is 14.5 Å². The number of anilines is 1. The quantitative estimate of drug-likeness (QED) is 0.850. The van der Waals surface area contributed by atoms with E-state index >= 15 is 0 Å². The van der Waals surface area contributed by atoms with Gasteiger partial charge in [0.25, 0.3) is 0 Å². The maximum atomic E-state index is 11.5. The lowest BCUT2D eigenvalue weighted by Gasteiger charge is -2.36. The summed E-state index contributed by atoms with van der Waals surface area (Å²) in [5.41, 5.74) is 8.87. The fourth-order valence-electron chi connectivity index (χ4n) is 3.15. The molecule has 1 saturated heterocycles. The first-order chi connectivity index (χ1) is 12.0. The fourth-order valence-corrected chi connectivity index (χ4v) is 3.15. The summed E-state index contributed by atoms with van der Waals surface area (Å²) in [6, 6.07) is 15.3. The van der Waals surface area contributed by atoms with Gasteiger partial charge in [0.05, 0.1) is 0 Å². The molecule has 3 rings (SSSR count). The Balaban J connectivity index is 1.57. The minimum atomic E-state index is -0.399. The number of nitrogens with two attached hydrogens (primary N) is 1. The van der Waals surface area contributed by atoms with Crippen molar-refractivity contribution in [3.05, 3.63) is 65.2 Å². The third-order valence-corrected chi connectivity index (χ3v) is 4.63. The van der Waals surface area contributed by atoms with Gasteiger partial charge in [0, 0.05) is 49.5 Å². The molecule has 2 aromatic carbocycles. The van der Waals surface area contributed by atoms with E-state index in [4.69, 9.17) is 5.73 Å². The predicted octanol–water partition coefficient (Wildman–Crippen LogP) is 2.31. The molecule has 130 valence electrons. The summed E-state index contributed by atoms with van der Waals surface area (Å²) in [4.78, 5) is 27.4. The van der Waals surface area contributed by atoms with Gasteiger partial charge in [-0.15, -0.1) is 0 Å². The van der Waals surface area contributed by atoms with Gasteiger partial charge < -0.3 is 10.6 Å². The molecule has 1 aliphatic rings. The first kappa shape index (κ1) is 17.2. The van der Waals surface area contributed by atoms with Crippen LogP contribution in [-0.4, -0.2) is 42.8 Å². The third-order valence-electron chi connectivity index (χ3n) is 4.63. The Kier molecular flexibility index (Phi) is 5.14. The molecule has 0 atom stereocenters. The van der Waals surface area contributed by atoms with Gasteiger partial charge in [0.2, 0.25) is 5.91 Å². The first-order valence-corrected chi connectivity index (χ1v) is 8.50. The normalized spacial score (nSPS) is 15.2. The van der Waals surface area contributed by atoms with E-state index in [1.807, 2.05) is 30.3 Å². The van der Waals surface area contributed by atoms with E-state index < -0.39 is 5.91 Å². The molecule has 0 bridgehead atoms. The zero-order valence-electron chi connectivity index (χ0n) is 14.4. The Morgan fingerprint density at radius 3 is 2.24 bits per heavy atom. The zero-order chi connectivity index (χ0) is 17.8. The lowest BCUT2D eigenvalue weighted by molar-refractivity contribution is 0.0996. The van der Waals surface area contributed by atoms with Crippen molar-refractivity contribution >= 4 is 17.4 Å². The van der Waals surface area contributed by atoms with Crippen molar-refractivity contribution in [2.24, 2.45) is 5.73 Å². The maximum Gasteiger partial charge on any atom is 0.248 e. The van der Waals surface area contributed by atoms with Crippen molar-refractivity contribution in [3.63, 3.8) is 0 Å². The van der Waals surface area contributed by atoms with E-state index in [-0.39, 0.29) is 5.78 Å². The van der Waals surface area contributed by atoms with Gasteiger partial charge in [-0.2, -0.15) is 0 Å². The average Bonchev–Trinajstić information content (AvgIpc) is 2.63. The Bertz CT molecular complexity index is 763. The lowest BCUT2D eigenvalue weighted by Crippen LogP contribution is -2.46. The monoisotopic (exact) mass is 337 g/mol. The molecule has 0 radical (unpaired) electrons. The zero-order valence-corrected chi connectivity index (χ0v) is 14.4. The Morgan fingerprint density at radius 1 is 0.960 bits per heavy atom. The van der Waals surface area contributed by atoms with Gasteiger partial charge in [-0.1, -0.05) is 18.2 Å². The highest BCUT2D eigenvalue weighted by Crippen LogP contribution is 2.18. The molecule has 1 heterocycles. The number of Topliss-reactive ketones (excluding diaryl/α,β-unsaturated/α-hetero) is 1. The van der Waals surface area contributed by atoms with Crippen LogP contribution in [0.1, 0.15) is 33.2 Å². The lowest BCUT2D eigenvalue weighted by atomic mass is 10.1. The number of nitrogens with zero attached hydrogens (tertiary/aromatic N) is 2. The highest BCUT2D eigenvalue weighted by molar-refractivity contribution is 5.94. The van der Waals surface area contributed by atoms with Crippen molar-refractivity contribution in [2.45, 2.75) is 13.5 Å². The number of piperazine rings is 1. The summed E-state index contributed by atoms with van der Waals surface area (Å²) in [5.74, 6) is -0.296. The van der Waals surface area contributed by atoms with Crippen molar-refractivity contribution < 1.29 is 9.59 Å². The molecule has 1 fully saturated rings. The van der Waals surface area contributed by atoms with Crippen LogP contribution >= 0.6 is 0 Å². The molecule has 25 heavy (non-hydrogen) atoms. The molecule has 1 aliphatic heterocycles. The molecule has 0 aliphatic carbocycles. The Morgan fingerprint density at radius 2 is 1.64 bits per heavy atom. The van der Waals surface area contributed by atoms with E-state index in [2.05, 4.69) is 15.9 Å². The van der Waals surface area contributed by atoms with Crippen LogP contribution in [0.3, 0.4) is 0 Å². The summed E-state index contributed by atoms with van der Waals surface area (Å²) < 4.78 is 0. The van der Waals surface area contributed by atoms with Crippen LogP contribution in [-0.2, 0) is 6.54 Å². The van der Waals surface area contributed by atoms with Gasteiger partial charge in [-0.25, -0.2) is 0 Å². The molecule has 0 spiro atoms. The predicted molar refractivity (Wildman–Crippen MR) is 98.9 cm³/mol. The van der Waals surface area contributed by atoms with Gasteiger partial charge >= 0.3 is 0 Å². The third kappa shape index (κ3) is 4.25. The van der Waals surface area contributed by atoms with Crippen LogP contribution < -0.4 is 10.6 Å². The maximum absolute atomic E-state index is 11.5. The Labute approximate surface area is 148 Å². The number of hydrogen-bond donors (Lipinski definition) is 1. The molecular weight excluding hydrogens is 314 g/mol. The molecule has 0 unspecified atom stereocenters. The van der Waals surface area contributed by atoms with E-state index in [1.165, 1.54) is 5.56 Å². The van der Waals surface area contributed by atoms with Crippen molar-refractivity contribution in [3.8, 4) is 0 Å². The van der Waals surface area contributed by atoms with Crippen molar-refractivity contribution in [2.75, 3.05) is 31.1 Å². The first-order valence-electron chi connectivity index (χ1n) is 8.50. The largest absolute Gasteiger partial charge is 0.369 e. The second-order valence-electron chi connectivity index (χ2n) is 6.43. The van der Waals surface area contributed by atoms with E-state index in [9.17, 15) is 9.59 Å². The number of ketones is 1. The highest BCUT2D eigenvalue weighted by Gasteiger charge is 2.17. The molecular formula is C20H23N3O2. The van der Waals surface area contributed by atoms with Crippen molar-refractivity contribution in [1.29, 1.82) is 0 Å². The summed E-state index contributed by atoms with van der Waals surface area (Å²) >= 11 is 0. The van der Waals surface area contributed by atoms with Gasteiger partial charge in [0.15, 0.2) is 5.78 Å². The minimum absolute atomic E-state index is 0.103. The number of rotatable bonds is 5. The molecule has 2 aromatic rings. The molecule has 5 heteroatoms. The number of amides is 1. The van der Waals surface area contributed by atoms with Crippen LogP contribution in [0.4, 0.5) is 5.69 Å². The topological polar surface area (TPSA) is 66.6 Å².